The molecule has 0 fully saturated rings. The Morgan fingerprint density at radius 2 is 1.75 bits per heavy atom. The lowest BCUT2D eigenvalue weighted by Gasteiger charge is -2.14. The largest absolute Gasteiger partial charge is 0.493 e. The van der Waals surface area contributed by atoms with Crippen molar-refractivity contribution in [3.05, 3.63) is 52.6 Å². The van der Waals surface area contributed by atoms with E-state index in [-0.39, 0.29) is 22.8 Å². The molecule has 0 saturated carbocycles. The molecule has 2 rings (SSSR count). The van der Waals surface area contributed by atoms with Gasteiger partial charge in [0.2, 0.25) is 5.75 Å². The van der Waals surface area contributed by atoms with Crippen molar-refractivity contribution in [3.63, 3.8) is 0 Å². The molecule has 2 aromatic carbocycles. The van der Waals surface area contributed by atoms with Crippen LogP contribution in [-0.2, 0) is 4.79 Å². The number of carbonyl (C=O) groups excluding carboxylic acids is 1. The van der Waals surface area contributed by atoms with Crippen LogP contribution in [0.1, 0.15) is 5.56 Å². The van der Waals surface area contributed by atoms with E-state index in [1.165, 1.54) is 32.4 Å². The second kappa shape index (κ2) is 9.58. The second-order valence-corrected chi connectivity index (χ2v) is 5.70. The van der Waals surface area contributed by atoms with Crippen molar-refractivity contribution in [1.29, 1.82) is 5.26 Å². The van der Waals surface area contributed by atoms with Crippen LogP contribution < -0.4 is 19.5 Å². The molecule has 0 aliphatic rings. The van der Waals surface area contributed by atoms with Crippen LogP contribution in [0, 0.1) is 11.3 Å². The molecule has 0 aliphatic heterocycles. The van der Waals surface area contributed by atoms with Gasteiger partial charge in [-0.05, 0) is 48.0 Å². The molecular weight excluding hydrogens is 394 g/mol. The fourth-order valence-corrected chi connectivity index (χ4v) is 2.36. The number of rotatable bonds is 7. The Morgan fingerprint density at radius 1 is 1.18 bits per heavy atom. The van der Waals surface area contributed by atoms with Gasteiger partial charge in [0.25, 0.3) is 5.91 Å². The first-order chi connectivity index (χ1) is 13.4. The third-order valence-corrected chi connectivity index (χ3v) is 3.72. The molecule has 6 nitrogen and oxygen atoms in total. The maximum Gasteiger partial charge on any atom is 0.387 e. The Labute approximate surface area is 164 Å². The lowest BCUT2D eigenvalue weighted by Crippen LogP contribution is -2.13. The number of methoxy groups -OCH3 is 2. The van der Waals surface area contributed by atoms with Crippen LogP contribution in [0.4, 0.5) is 14.5 Å². The summed E-state index contributed by atoms with van der Waals surface area (Å²) in [6.45, 7) is -3.08. The first-order valence-electron chi connectivity index (χ1n) is 7.77. The van der Waals surface area contributed by atoms with Crippen LogP contribution >= 0.6 is 11.6 Å². The normalized spacial score (nSPS) is 11.0. The van der Waals surface area contributed by atoms with Crippen molar-refractivity contribution >= 4 is 29.3 Å². The van der Waals surface area contributed by atoms with E-state index < -0.39 is 12.5 Å². The predicted molar refractivity (Wildman–Crippen MR) is 99.8 cm³/mol. The summed E-state index contributed by atoms with van der Waals surface area (Å²) in [6, 6.07) is 10.8. The maximum atomic E-state index is 12.6. The van der Waals surface area contributed by atoms with Crippen LogP contribution in [0.3, 0.4) is 0 Å². The highest BCUT2D eigenvalue weighted by molar-refractivity contribution is 6.30. The monoisotopic (exact) mass is 408 g/mol. The van der Waals surface area contributed by atoms with E-state index in [9.17, 15) is 18.8 Å². The zero-order chi connectivity index (χ0) is 20.7. The molecule has 146 valence electrons. The quantitative estimate of drug-likeness (QED) is 0.538. The van der Waals surface area contributed by atoms with Gasteiger partial charge in [0.15, 0.2) is 11.5 Å². The molecular formula is C19H15ClF2N2O4. The summed E-state index contributed by atoms with van der Waals surface area (Å²) in [5.41, 5.74) is 0.547. The Kier molecular flexibility index (Phi) is 7.18. The summed E-state index contributed by atoms with van der Waals surface area (Å²) in [4.78, 5) is 12.3. The number of nitrogens with one attached hydrogen (secondary N) is 1. The third kappa shape index (κ3) is 5.34. The molecule has 1 amide bonds. The third-order valence-electron chi connectivity index (χ3n) is 3.47. The van der Waals surface area contributed by atoms with Gasteiger partial charge < -0.3 is 19.5 Å². The fourth-order valence-electron chi connectivity index (χ4n) is 2.24. The molecule has 9 heteroatoms. The molecule has 0 heterocycles. The molecule has 0 saturated heterocycles. The number of alkyl halides is 2. The van der Waals surface area contributed by atoms with Gasteiger partial charge in [0.1, 0.15) is 11.6 Å². The maximum absolute atomic E-state index is 12.6. The van der Waals surface area contributed by atoms with E-state index in [1.807, 2.05) is 0 Å². The fraction of sp³-hybridized carbons (Fsp3) is 0.158. The van der Waals surface area contributed by atoms with Gasteiger partial charge in [0.05, 0.1) is 14.2 Å². The van der Waals surface area contributed by atoms with Crippen molar-refractivity contribution < 1.29 is 27.8 Å². The van der Waals surface area contributed by atoms with E-state index in [0.717, 1.165) is 0 Å². The van der Waals surface area contributed by atoms with Gasteiger partial charge in [-0.2, -0.15) is 14.0 Å². The van der Waals surface area contributed by atoms with Crippen molar-refractivity contribution in [2.24, 2.45) is 0 Å². The van der Waals surface area contributed by atoms with Gasteiger partial charge >= 0.3 is 6.61 Å². The van der Waals surface area contributed by atoms with E-state index in [4.69, 9.17) is 21.1 Å². The topological polar surface area (TPSA) is 80.6 Å². The average molecular weight is 409 g/mol. The molecule has 0 aromatic heterocycles. The number of nitriles is 1. The van der Waals surface area contributed by atoms with Crippen LogP contribution in [0.2, 0.25) is 5.02 Å². The standard InChI is InChI=1S/C19H15ClF2N2O4/c1-26-15-8-11(9-16(27-2)17(15)28-19(21)22)7-12(10-23)18(25)24-14-5-3-13(20)4-6-14/h3-9,19H,1-2H3,(H,24,25)/b12-7+. The molecule has 0 spiro atoms. The van der Waals surface area contributed by atoms with Crippen LogP contribution in [0.25, 0.3) is 6.08 Å². The molecule has 0 atom stereocenters. The molecule has 0 bridgehead atoms. The minimum atomic E-state index is -3.08. The molecule has 0 aliphatic carbocycles. The van der Waals surface area contributed by atoms with Crippen LogP contribution in [0.5, 0.6) is 17.2 Å². The number of halogens is 3. The first kappa shape index (κ1) is 21.0. The summed E-state index contributed by atoms with van der Waals surface area (Å²) < 4.78 is 39.7. The van der Waals surface area contributed by atoms with E-state index in [2.05, 4.69) is 10.1 Å². The smallest absolute Gasteiger partial charge is 0.387 e. The summed E-state index contributed by atoms with van der Waals surface area (Å²) in [7, 11) is 2.53. The Hall–Kier alpha value is -3.31. The van der Waals surface area contributed by atoms with Crippen molar-refractivity contribution in [1.82, 2.24) is 0 Å². The van der Waals surface area contributed by atoms with Crippen molar-refractivity contribution in [3.8, 4) is 23.3 Å². The second-order valence-electron chi connectivity index (χ2n) is 5.26. The van der Waals surface area contributed by atoms with Crippen LogP contribution in [-0.4, -0.2) is 26.7 Å². The predicted octanol–water partition coefficient (Wildman–Crippen LogP) is 4.50. The highest BCUT2D eigenvalue weighted by atomic mass is 35.5. The number of benzene rings is 2. The summed E-state index contributed by atoms with van der Waals surface area (Å²) >= 11 is 5.79. The highest BCUT2D eigenvalue weighted by Gasteiger charge is 2.18. The Bertz CT molecular complexity index is 900. The van der Waals surface area contributed by atoms with Gasteiger partial charge in [-0.1, -0.05) is 11.6 Å². The van der Waals surface area contributed by atoms with Crippen LogP contribution in [0.15, 0.2) is 42.0 Å². The number of hydrogen-bond donors (Lipinski definition) is 1. The number of amides is 1. The van der Waals surface area contributed by atoms with E-state index in [0.29, 0.717) is 16.3 Å². The first-order valence-corrected chi connectivity index (χ1v) is 8.15. The van der Waals surface area contributed by atoms with E-state index >= 15 is 0 Å². The average Bonchev–Trinajstić information content (AvgIpc) is 2.67. The number of nitrogens with zero attached hydrogens (tertiary/aromatic N) is 1. The molecule has 28 heavy (non-hydrogen) atoms. The minimum Gasteiger partial charge on any atom is -0.493 e. The summed E-state index contributed by atoms with van der Waals surface area (Å²) in [6.07, 6.45) is 1.27. The summed E-state index contributed by atoms with van der Waals surface area (Å²) in [5, 5.41) is 12.4. The van der Waals surface area contributed by atoms with E-state index in [1.54, 1.807) is 30.3 Å². The van der Waals surface area contributed by atoms with Gasteiger partial charge in [-0.25, -0.2) is 0 Å². The molecule has 0 radical (unpaired) electrons. The summed E-state index contributed by atoms with van der Waals surface area (Å²) in [5.74, 6) is -1.03. The Morgan fingerprint density at radius 3 is 2.21 bits per heavy atom. The minimum absolute atomic E-state index is 0.0405. The number of ether oxygens (including phenoxy) is 3. The molecule has 0 unspecified atom stereocenters. The van der Waals surface area contributed by atoms with Crippen molar-refractivity contribution in [2.45, 2.75) is 6.61 Å². The zero-order valence-electron chi connectivity index (χ0n) is 14.8. The Balaban J connectivity index is 2.36. The van der Waals surface area contributed by atoms with Gasteiger partial charge in [-0.3, -0.25) is 4.79 Å². The SMILES string of the molecule is COc1cc(/C=C(\C#N)C(=O)Nc2ccc(Cl)cc2)cc(OC)c1OC(F)F. The number of carbonyl (C=O) groups is 1. The van der Waals surface area contributed by atoms with Crippen molar-refractivity contribution in [2.75, 3.05) is 19.5 Å². The highest BCUT2D eigenvalue weighted by Crippen LogP contribution is 2.40. The van der Waals surface area contributed by atoms with Gasteiger partial charge in [0, 0.05) is 10.7 Å². The molecule has 1 N–H and O–H groups in total. The molecule has 2 aromatic rings. The van der Waals surface area contributed by atoms with Gasteiger partial charge in [-0.15, -0.1) is 0 Å². The lowest BCUT2D eigenvalue weighted by molar-refractivity contribution is -0.112. The lowest BCUT2D eigenvalue weighted by atomic mass is 10.1. The number of hydrogen-bond acceptors (Lipinski definition) is 5. The number of anilines is 1. The zero-order valence-corrected chi connectivity index (χ0v) is 15.6.